The van der Waals surface area contributed by atoms with E-state index in [0.717, 1.165) is 17.8 Å². The Hall–Kier alpha value is 0. The van der Waals surface area contributed by atoms with Crippen molar-refractivity contribution < 1.29 is 0 Å². The summed E-state index contributed by atoms with van der Waals surface area (Å²) in [6, 6.07) is 0. The van der Waals surface area contributed by atoms with Crippen molar-refractivity contribution in [2.75, 3.05) is 0 Å². The molecule has 0 heteroatoms. The van der Waals surface area contributed by atoms with Crippen LogP contribution in [0, 0.1) is 39.9 Å². The Labute approximate surface area is 123 Å². The fraction of sp³-hybridized carbons (Fsp3) is 1.00. The van der Waals surface area contributed by atoms with E-state index in [9.17, 15) is 0 Å². The largest absolute Gasteiger partial charge is 0.0625 e. The topological polar surface area (TPSA) is 0 Å². The number of hydrogen-bond acceptors (Lipinski definition) is 0. The Morgan fingerprint density at radius 3 is 1.21 bits per heavy atom. The molecule has 0 saturated carbocycles. The van der Waals surface area contributed by atoms with Crippen LogP contribution in [0.15, 0.2) is 0 Å². The van der Waals surface area contributed by atoms with Crippen molar-refractivity contribution in [3.63, 3.8) is 0 Å². The molecule has 116 valence electrons. The van der Waals surface area contributed by atoms with E-state index < -0.39 is 0 Å². The van der Waals surface area contributed by atoms with E-state index in [1.807, 2.05) is 0 Å². The summed E-state index contributed by atoms with van der Waals surface area (Å²) in [7, 11) is 0. The first-order valence-corrected chi connectivity index (χ1v) is 8.17. The van der Waals surface area contributed by atoms with E-state index in [1.54, 1.807) is 0 Å². The first-order valence-electron chi connectivity index (χ1n) is 8.17. The molecular formula is C19H40. The van der Waals surface area contributed by atoms with Crippen LogP contribution in [0.1, 0.15) is 83.1 Å². The SMILES string of the molecule is CC(C)C(C(C)C(C)(C)C(C)(C)C)C(C)(C)C(C)C. The predicted molar refractivity (Wildman–Crippen MR) is 89.3 cm³/mol. The van der Waals surface area contributed by atoms with Crippen molar-refractivity contribution in [2.45, 2.75) is 83.1 Å². The van der Waals surface area contributed by atoms with Crippen LogP contribution in [0.4, 0.5) is 0 Å². The van der Waals surface area contributed by atoms with E-state index >= 15 is 0 Å². The third kappa shape index (κ3) is 3.76. The van der Waals surface area contributed by atoms with Crippen LogP contribution in [0.2, 0.25) is 0 Å². The van der Waals surface area contributed by atoms with E-state index in [0.29, 0.717) is 22.2 Å². The van der Waals surface area contributed by atoms with Crippen LogP contribution in [0.5, 0.6) is 0 Å². The van der Waals surface area contributed by atoms with Gasteiger partial charge in [-0.2, -0.15) is 0 Å². The van der Waals surface area contributed by atoms with Crippen LogP contribution in [-0.4, -0.2) is 0 Å². The minimum Gasteiger partial charge on any atom is -0.0625 e. The average molecular weight is 269 g/mol. The molecule has 0 aromatic rings. The summed E-state index contributed by atoms with van der Waals surface area (Å²) >= 11 is 0. The molecule has 0 aliphatic carbocycles. The highest BCUT2D eigenvalue weighted by molar-refractivity contribution is 4.95. The van der Waals surface area contributed by atoms with Crippen LogP contribution in [-0.2, 0) is 0 Å². The zero-order valence-electron chi connectivity index (χ0n) is 15.8. The smallest absolute Gasteiger partial charge is 0.0277 e. The van der Waals surface area contributed by atoms with Crippen molar-refractivity contribution in [1.29, 1.82) is 0 Å². The molecule has 0 aliphatic rings. The second-order valence-corrected chi connectivity index (χ2v) is 9.51. The van der Waals surface area contributed by atoms with Gasteiger partial charge in [-0.1, -0.05) is 83.1 Å². The highest BCUT2D eigenvalue weighted by Gasteiger charge is 2.47. The highest BCUT2D eigenvalue weighted by Crippen LogP contribution is 2.54. The minimum absolute atomic E-state index is 0.340. The molecule has 19 heavy (non-hydrogen) atoms. The molecule has 0 aliphatic heterocycles. The number of rotatable bonds is 5. The summed E-state index contributed by atoms with van der Waals surface area (Å²) in [6.45, 7) is 29.1. The molecule has 0 bridgehead atoms. The van der Waals surface area contributed by atoms with Crippen molar-refractivity contribution in [1.82, 2.24) is 0 Å². The molecule has 0 fully saturated rings. The lowest BCUT2D eigenvalue weighted by Gasteiger charge is -2.53. The van der Waals surface area contributed by atoms with Gasteiger partial charge in [0.1, 0.15) is 0 Å². The van der Waals surface area contributed by atoms with E-state index in [-0.39, 0.29) is 0 Å². The zero-order chi connectivity index (χ0) is 15.8. The van der Waals surface area contributed by atoms with E-state index in [4.69, 9.17) is 0 Å². The van der Waals surface area contributed by atoms with Crippen LogP contribution >= 0.6 is 0 Å². The van der Waals surface area contributed by atoms with Gasteiger partial charge in [-0.05, 0) is 39.9 Å². The van der Waals surface area contributed by atoms with Crippen molar-refractivity contribution >= 4 is 0 Å². The van der Waals surface area contributed by atoms with Gasteiger partial charge in [-0.25, -0.2) is 0 Å². The molecule has 0 rings (SSSR count). The van der Waals surface area contributed by atoms with Crippen molar-refractivity contribution in [2.24, 2.45) is 39.9 Å². The Bertz CT molecular complexity index is 273. The molecule has 0 saturated heterocycles. The standard InChI is InChI=1S/C19H40/c1-13(2)16(18(9,10)14(3)4)15(5)19(11,12)17(6,7)8/h13-16H,1-12H3. The summed E-state index contributed by atoms with van der Waals surface area (Å²) in [5.74, 6) is 2.92. The van der Waals surface area contributed by atoms with E-state index in [2.05, 4.69) is 83.1 Å². The highest BCUT2D eigenvalue weighted by atomic mass is 14.5. The molecular weight excluding hydrogens is 228 g/mol. The van der Waals surface area contributed by atoms with Gasteiger partial charge in [0.05, 0.1) is 0 Å². The molecule has 0 N–H and O–H groups in total. The molecule has 0 nitrogen and oxygen atoms in total. The normalized spacial score (nSPS) is 18.0. The molecule has 0 spiro atoms. The Kier molecular flexibility index (Phi) is 5.78. The van der Waals surface area contributed by atoms with Gasteiger partial charge in [0, 0.05) is 0 Å². The Morgan fingerprint density at radius 2 is 1.00 bits per heavy atom. The second-order valence-electron chi connectivity index (χ2n) is 9.51. The fourth-order valence-corrected chi connectivity index (χ4v) is 3.60. The van der Waals surface area contributed by atoms with Crippen LogP contribution < -0.4 is 0 Å². The minimum atomic E-state index is 0.340. The maximum Gasteiger partial charge on any atom is -0.0277 e. The van der Waals surface area contributed by atoms with Gasteiger partial charge >= 0.3 is 0 Å². The molecule has 0 aromatic carbocycles. The predicted octanol–water partition coefficient (Wildman–Crippen LogP) is 6.65. The summed E-state index contributed by atoms with van der Waals surface area (Å²) in [4.78, 5) is 0. The van der Waals surface area contributed by atoms with Crippen molar-refractivity contribution in [3.8, 4) is 0 Å². The lowest BCUT2D eigenvalue weighted by Crippen LogP contribution is -2.46. The average Bonchev–Trinajstić information content (AvgIpc) is 2.14. The first kappa shape index (κ1) is 19.0. The molecule has 0 amide bonds. The monoisotopic (exact) mass is 268 g/mol. The quantitative estimate of drug-likeness (QED) is 0.523. The molecule has 0 heterocycles. The summed E-state index contributed by atoms with van der Waals surface area (Å²) in [5, 5.41) is 0. The third-order valence-corrected chi connectivity index (χ3v) is 6.68. The van der Waals surface area contributed by atoms with E-state index in [1.165, 1.54) is 0 Å². The summed E-state index contributed by atoms with van der Waals surface area (Å²) in [6.07, 6.45) is 0. The van der Waals surface area contributed by atoms with Gasteiger partial charge in [0.2, 0.25) is 0 Å². The Balaban J connectivity index is 5.58. The van der Waals surface area contributed by atoms with Crippen LogP contribution in [0.3, 0.4) is 0 Å². The summed E-state index contributed by atoms with van der Waals surface area (Å²) in [5.41, 5.74) is 1.07. The zero-order valence-corrected chi connectivity index (χ0v) is 15.8. The lowest BCUT2D eigenvalue weighted by atomic mass is 9.52. The molecule has 2 unspecified atom stereocenters. The molecule has 0 radical (unpaired) electrons. The van der Waals surface area contributed by atoms with Gasteiger partial charge in [0.15, 0.2) is 0 Å². The van der Waals surface area contributed by atoms with Gasteiger partial charge < -0.3 is 0 Å². The van der Waals surface area contributed by atoms with Crippen LogP contribution in [0.25, 0.3) is 0 Å². The summed E-state index contributed by atoms with van der Waals surface area (Å²) < 4.78 is 0. The number of hydrogen-bond donors (Lipinski definition) is 0. The second kappa shape index (κ2) is 5.78. The fourth-order valence-electron chi connectivity index (χ4n) is 3.60. The van der Waals surface area contributed by atoms with Crippen molar-refractivity contribution in [3.05, 3.63) is 0 Å². The first-order chi connectivity index (χ1) is 8.17. The molecule has 0 aromatic heterocycles. The third-order valence-electron chi connectivity index (χ3n) is 6.68. The van der Waals surface area contributed by atoms with Gasteiger partial charge in [-0.3, -0.25) is 0 Å². The lowest BCUT2D eigenvalue weighted by molar-refractivity contribution is -0.0459. The maximum absolute atomic E-state index is 2.49. The van der Waals surface area contributed by atoms with Gasteiger partial charge in [0.25, 0.3) is 0 Å². The van der Waals surface area contributed by atoms with Gasteiger partial charge in [-0.15, -0.1) is 0 Å². The maximum atomic E-state index is 2.49. The molecule has 2 atom stereocenters. The Morgan fingerprint density at radius 1 is 0.632 bits per heavy atom.